The van der Waals surface area contributed by atoms with Gasteiger partial charge in [-0.25, -0.2) is 0 Å². The number of rotatable bonds is 8. The first-order valence-corrected chi connectivity index (χ1v) is 14.1. The van der Waals surface area contributed by atoms with E-state index in [4.69, 9.17) is 9.47 Å². The number of benzene rings is 2. The summed E-state index contributed by atoms with van der Waals surface area (Å²) in [5, 5.41) is -0.445. The van der Waals surface area contributed by atoms with Gasteiger partial charge in [0.2, 0.25) is 5.91 Å². The maximum atomic E-state index is 13.0. The monoisotopic (exact) mass is 636 g/mol. The van der Waals surface area contributed by atoms with Crippen molar-refractivity contribution in [2.24, 2.45) is 0 Å². The zero-order valence-corrected chi connectivity index (χ0v) is 23.8. The first-order valence-electron chi connectivity index (χ1n) is 11.7. The molecule has 0 saturated carbocycles. The topological polar surface area (TPSA) is 76.2 Å². The van der Waals surface area contributed by atoms with Crippen LogP contribution in [0, 0.1) is 0 Å². The van der Waals surface area contributed by atoms with Crippen LogP contribution >= 0.6 is 43.6 Å². The van der Waals surface area contributed by atoms with Gasteiger partial charge in [0.25, 0.3) is 11.1 Å². The van der Waals surface area contributed by atoms with Gasteiger partial charge in [-0.2, -0.15) is 0 Å². The van der Waals surface area contributed by atoms with Crippen LogP contribution in [0.5, 0.6) is 11.5 Å². The van der Waals surface area contributed by atoms with Crippen LogP contribution in [0.25, 0.3) is 6.08 Å². The summed E-state index contributed by atoms with van der Waals surface area (Å²) in [5.74, 6) is 0.376. The third-order valence-electron chi connectivity index (χ3n) is 5.84. The summed E-state index contributed by atoms with van der Waals surface area (Å²) in [6.07, 6.45) is 4.63. The number of thioether (sulfide) groups is 1. The number of ether oxygens (including phenoxy) is 2. The molecule has 2 heterocycles. The van der Waals surface area contributed by atoms with Crippen LogP contribution < -0.4 is 9.47 Å². The van der Waals surface area contributed by atoms with Crippen molar-refractivity contribution in [1.29, 1.82) is 0 Å². The van der Waals surface area contributed by atoms with Gasteiger partial charge in [0, 0.05) is 17.6 Å². The van der Waals surface area contributed by atoms with Crippen LogP contribution in [-0.2, 0) is 16.2 Å². The molecular weight excluding hydrogens is 612 g/mol. The zero-order valence-electron chi connectivity index (χ0n) is 19.8. The highest BCUT2D eigenvalue weighted by Crippen LogP contribution is 2.45. The van der Waals surface area contributed by atoms with E-state index in [1.54, 1.807) is 17.0 Å². The number of carbonyl (C=O) groups excluding carboxylic acids is 3. The fourth-order valence-corrected chi connectivity index (χ4v) is 5.77. The highest BCUT2D eigenvalue weighted by Gasteiger charge is 2.37. The molecule has 2 aromatic rings. The van der Waals surface area contributed by atoms with E-state index in [1.807, 2.05) is 37.3 Å². The lowest BCUT2D eigenvalue weighted by atomic mass is 10.1. The largest absolute Gasteiger partial charge is 0.490 e. The Bertz CT molecular complexity index is 1180. The van der Waals surface area contributed by atoms with Gasteiger partial charge in [0.15, 0.2) is 11.5 Å². The zero-order chi connectivity index (χ0) is 25.7. The van der Waals surface area contributed by atoms with Crippen LogP contribution in [0.1, 0.15) is 37.3 Å². The van der Waals surface area contributed by atoms with Crippen molar-refractivity contribution >= 4 is 66.8 Å². The Hall–Kier alpha value is -2.30. The Morgan fingerprint density at radius 1 is 1.06 bits per heavy atom. The van der Waals surface area contributed by atoms with E-state index in [2.05, 4.69) is 31.9 Å². The standard InChI is InChI=1S/C26H26Br2N2O5S/c1-2-34-19-13-18(22(27)23(28)24(19)35-16-17-9-5-3-6-10-17)14-20-25(32)30(26(33)36-20)15-21(31)29-11-7-4-8-12-29/h3,5-6,9-10,13-14H,2,4,7-8,11-12,15-16H2,1H3/b20-14-. The van der Waals surface area contributed by atoms with E-state index in [0.29, 0.717) is 52.3 Å². The summed E-state index contributed by atoms with van der Waals surface area (Å²) in [6.45, 7) is 3.76. The fourth-order valence-electron chi connectivity index (χ4n) is 3.99. The predicted molar refractivity (Wildman–Crippen MR) is 147 cm³/mol. The lowest BCUT2D eigenvalue weighted by molar-refractivity contribution is -0.136. The molecule has 36 heavy (non-hydrogen) atoms. The summed E-state index contributed by atoms with van der Waals surface area (Å²) < 4.78 is 13.2. The normalized spacial score (nSPS) is 17.1. The third kappa shape index (κ3) is 6.15. The lowest BCUT2D eigenvalue weighted by Crippen LogP contribution is -2.44. The number of likely N-dealkylation sites (tertiary alicyclic amines) is 1. The number of nitrogens with zero attached hydrogens (tertiary/aromatic N) is 2. The molecule has 190 valence electrons. The quantitative estimate of drug-likeness (QED) is 0.319. The third-order valence-corrected chi connectivity index (χ3v) is 8.89. The van der Waals surface area contributed by atoms with E-state index < -0.39 is 11.1 Å². The van der Waals surface area contributed by atoms with Gasteiger partial charge >= 0.3 is 0 Å². The van der Waals surface area contributed by atoms with Crippen LogP contribution in [0.15, 0.2) is 50.2 Å². The molecule has 7 nitrogen and oxygen atoms in total. The molecule has 0 bridgehead atoms. The molecule has 10 heteroatoms. The first-order chi connectivity index (χ1) is 17.4. The molecule has 3 amide bonds. The second-order valence-corrected chi connectivity index (χ2v) is 10.9. The van der Waals surface area contributed by atoms with Crippen LogP contribution in [0.4, 0.5) is 4.79 Å². The molecule has 0 atom stereocenters. The van der Waals surface area contributed by atoms with Gasteiger partial charge in [-0.05, 0) is 93.1 Å². The van der Waals surface area contributed by atoms with Crippen LogP contribution in [0.3, 0.4) is 0 Å². The molecule has 0 radical (unpaired) electrons. The van der Waals surface area contributed by atoms with Crippen molar-refractivity contribution in [3.05, 3.63) is 61.4 Å². The van der Waals surface area contributed by atoms with Gasteiger partial charge < -0.3 is 14.4 Å². The molecule has 2 aromatic carbocycles. The van der Waals surface area contributed by atoms with Crippen molar-refractivity contribution < 1.29 is 23.9 Å². The summed E-state index contributed by atoms with van der Waals surface area (Å²) >= 11 is 8.01. The van der Waals surface area contributed by atoms with Crippen molar-refractivity contribution in [2.45, 2.75) is 32.8 Å². The molecule has 2 fully saturated rings. The Morgan fingerprint density at radius 2 is 1.78 bits per heavy atom. The van der Waals surface area contributed by atoms with Crippen molar-refractivity contribution in [2.75, 3.05) is 26.2 Å². The molecule has 0 aromatic heterocycles. The van der Waals surface area contributed by atoms with Crippen molar-refractivity contribution in [3.63, 3.8) is 0 Å². The molecule has 0 unspecified atom stereocenters. The van der Waals surface area contributed by atoms with Crippen molar-refractivity contribution in [1.82, 2.24) is 9.80 Å². The van der Waals surface area contributed by atoms with Gasteiger partial charge in [-0.3, -0.25) is 19.3 Å². The summed E-state index contributed by atoms with van der Waals surface area (Å²) in [5.41, 5.74) is 1.66. The Balaban J connectivity index is 1.55. The van der Waals surface area contributed by atoms with Gasteiger partial charge in [0.05, 0.1) is 16.0 Å². The molecule has 0 spiro atoms. The molecule has 4 rings (SSSR count). The molecular formula is C26H26Br2N2O5S. The summed E-state index contributed by atoms with van der Waals surface area (Å²) in [4.78, 5) is 41.3. The van der Waals surface area contributed by atoms with Gasteiger partial charge in [0.1, 0.15) is 13.2 Å². The van der Waals surface area contributed by atoms with Crippen LogP contribution in [-0.4, -0.2) is 53.1 Å². The molecule has 2 aliphatic rings. The fraction of sp³-hybridized carbons (Fsp3) is 0.346. The average Bonchev–Trinajstić information content (AvgIpc) is 3.15. The number of carbonyl (C=O) groups is 3. The second-order valence-electron chi connectivity index (χ2n) is 8.34. The lowest BCUT2D eigenvalue weighted by Gasteiger charge is -2.27. The van der Waals surface area contributed by atoms with E-state index >= 15 is 0 Å². The summed E-state index contributed by atoms with van der Waals surface area (Å²) in [6, 6.07) is 11.6. The maximum Gasteiger partial charge on any atom is 0.294 e. The van der Waals surface area contributed by atoms with E-state index in [0.717, 1.165) is 41.5 Å². The van der Waals surface area contributed by atoms with Crippen LogP contribution in [0.2, 0.25) is 0 Å². The number of amides is 3. The van der Waals surface area contributed by atoms with E-state index in [9.17, 15) is 14.4 Å². The maximum absolute atomic E-state index is 13.0. The van der Waals surface area contributed by atoms with E-state index in [-0.39, 0.29) is 17.4 Å². The highest BCUT2D eigenvalue weighted by atomic mass is 79.9. The molecule has 2 saturated heterocycles. The van der Waals surface area contributed by atoms with Gasteiger partial charge in [-0.1, -0.05) is 30.3 Å². The highest BCUT2D eigenvalue weighted by molar-refractivity contribution is 9.13. The minimum absolute atomic E-state index is 0.194. The number of hydrogen-bond acceptors (Lipinski definition) is 6. The number of piperidine rings is 1. The number of hydrogen-bond donors (Lipinski definition) is 0. The first kappa shape index (κ1) is 26.8. The SMILES string of the molecule is CCOc1cc(/C=C2\SC(=O)N(CC(=O)N3CCCCC3)C2=O)c(Br)c(Br)c1OCc1ccccc1. The minimum atomic E-state index is -0.472. The summed E-state index contributed by atoms with van der Waals surface area (Å²) in [7, 11) is 0. The molecule has 0 N–H and O–H groups in total. The predicted octanol–water partition coefficient (Wildman–Crippen LogP) is 6.24. The second kappa shape index (κ2) is 12.3. The Labute approximate surface area is 231 Å². The average molecular weight is 638 g/mol. The van der Waals surface area contributed by atoms with Crippen molar-refractivity contribution in [3.8, 4) is 11.5 Å². The number of halogens is 2. The molecule has 0 aliphatic carbocycles. The smallest absolute Gasteiger partial charge is 0.294 e. The Kier molecular flexibility index (Phi) is 9.14. The van der Waals surface area contributed by atoms with Gasteiger partial charge in [-0.15, -0.1) is 0 Å². The Morgan fingerprint density at radius 3 is 2.47 bits per heavy atom. The minimum Gasteiger partial charge on any atom is -0.490 e. The van der Waals surface area contributed by atoms with E-state index in [1.165, 1.54) is 0 Å². The number of imide groups is 1. The molecule has 2 aliphatic heterocycles.